The summed E-state index contributed by atoms with van der Waals surface area (Å²) >= 11 is 5.88. The predicted molar refractivity (Wildman–Crippen MR) is 96.6 cm³/mol. The summed E-state index contributed by atoms with van der Waals surface area (Å²) in [6.07, 6.45) is 0.182. The van der Waals surface area contributed by atoms with Crippen molar-refractivity contribution in [1.82, 2.24) is 5.32 Å². The number of hydrogen-bond acceptors (Lipinski definition) is 3. The Labute approximate surface area is 151 Å². The highest BCUT2D eigenvalue weighted by Crippen LogP contribution is 2.27. The first kappa shape index (κ1) is 17.3. The molecule has 2 aromatic carbocycles. The molecule has 130 valence electrons. The Morgan fingerprint density at radius 2 is 2.00 bits per heavy atom. The summed E-state index contributed by atoms with van der Waals surface area (Å²) in [6, 6.07) is 13.5. The molecule has 1 saturated heterocycles. The fourth-order valence-corrected chi connectivity index (χ4v) is 3.09. The van der Waals surface area contributed by atoms with E-state index in [1.807, 2.05) is 13.0 Å². The molecule has 1 heterocycles. The van der Waals surface area contributed by atoms with Gasteiger partial charge in [0, 0.05) is 23.7 Å². The molecule has 2 aromatic rings. The van der Waals surface area contributed by atoms with Crippen molar-refractivity contribution in [3.63, 3.8) is 0 Å². The van der Waals surface area contributed by atoms with Crippen molar-refractivity contribution >= 4 is 29.1 Å². The predicted octanol–water partition coefficient (Wildman–Crippen LogP) is 3.28. The van der Waals surface area contributed by atoms with Crippen molar-refractivity contribution in [2.45, 2.75) is 19.4 Å². The maximum Gasteiger partial charge on any atom is 0.227 e. The molecule has 6 heteroatoms. The van der Waals surface area contributed by atoms with Gasteiger partial charge in [0.05, 0.1) is 12.0 Å². The Morgan fingerprint density at radius 1 is 1.28 bits per heavy atom. The Morgan fingerprint density at radius 3 is 2.68 bits per heavy atom. The van der Waals surface area contributed by atoms with E-state index in [9.17, 15) is 14.7 Å². The molecule has 25 heavy (non-hydrogen) atoms. The third-order valence-corrected chi connectivity index (χ3v) is 4.62. The van der Waals surface area contributed by atoms with Gasteiger partial charge in [-0.15, -0.1) is 0 Å². The summed E-state index contributed by atoms with van der Waals surface area (Å²) in [4.78, 5) is 26.4. The van der Waals surface area contributed by atoms with Gasteiger partial charge in [0.2, 0.25) is 11.8 Å². The molecule has 3 rings (SSSR count). The number of carbonyl (C=O) groups excluding carboxylic acids is 2. The van der Waals surface area contributed by atoms with Gasteiger partial charge in [-0.1, -0.05) is 23.7 Å². The molecule has 2 N–H and O–H groups in total. The number of rotatable bonds is 4. The van der Waals surface area contributed by atoms with E-state index < -0.39 is 5.92 Å². The second kappa shape index (κ2) is 7.15. The quantitative estimate of drug-likeness (QED) is 0.881. The lowest BCUT2D eigenvalue weighted by atomic mass is 10.0. The van der Waals surface area contributed by atoms with Gasteiger partial charge in [-0.05, 0) is 48.9 Å². The lowest BCUT2D eigenvalue weighted by Crippen LogP contribution is -2.34. The minimum absolute atomic E-state index is 0.0764. The Balaban J connectivity index is 1.65. The lowest BCUT2D eigenvalue weighted by Gasteiger charge is -2.19. The van der Waals surface area contributed by atoms with Gasteiger partial charge in [-0.25, -0.2) is 0 Å². The number of hydrogen-bond donors (Lipinski definition) is 2. The fraction of sp³-hybridized carbons (Fsp3) is 0.263. The van der Waals surface area contributed by atoms with Crippen LogP contribution in [0.1, 0.15) is 24.9 Å². The minimum atomic E-state index is -0.400. The van der Waals surface area contributed by atoms with Crippen LogP contribution in [-0.4, -0.2) is 23.5 Å². The molecule has 2 atom stereocenters. The van der Waals surface area contributed by atoms with Crippen LogP contribution in [0.3, 0.4) is 0 Å². The Bertz CT molecular complexity index is 792. The standard InChI is InChI=1S/C19H19ClN2O3/c1-12(13-3-2-4-17(23)9-13)21-19(25)14-10-18(24)22(11-14)16-7-5-15(20)6-8-16/h2-9,12,14,23H,10-11H2,1H3,(H,21,25). The number of phenols is 1. The highest BCUT2D eigenvalue weighted by atomic mass is 35.5. The Kier molecular flexibility index (Phi) is 4.95. The number of phenolic OH excluding ortho intramolecular Hbond substituents is 1. The summed E-state index contributed by atoms with van der Waals surface area (Å²) in [5, 5.41) is 13.1. The van der Waals surface area contributed by atoms with E-state index in [0.29, 0.717) is 11.6 Å². The van der Waals surface area contributed by atoms with Crippen LogP contribution < -0.4 is 10.2 Å². The Hall–Kier alpha value is -2.53. The van der Waals surface area contributed by atoms with Crippen molar-refractivity contribution in [2.24, 2.45) is 5.92 Å². The van der Waals surface area contributed by atoms with E-state index in [1.54, 1.807) is 47.4 Å². The van der Waals surface area contributed by atoms with Gasteiger partial charge < -0.3 is 15.3 Å². The zero-order valence-electron chi connectivity index (χ0n) is 13.8. The fourth-order valence-electron chi connectivity index (χ4n) is 2.96. The van der Waals surface area contributed by atoms with Gasteiger partial charge >= 0.3 is 0 Å². The SMILES string of the molecule is CC(NC(=O)C1CC(=O)N(c2ccc(Cl)cc2)C1)c1cccc(O)c1. The van der Waals surface area contributed by atoms with Crippen molar-refractivity contribution in [3.05, 3.63) is 59.1 Å². The van der Waals surface area contributed by atoms with Gasteiger partial charge in [0.1, 0.15) is 5.75 Å². The highest BCUT2D eigenvalue weighted by Gasteiger charge is 2.35. The number of nitrogens with one attached hydrogen (secondary N) is 1. The van der Waals surface area contributed by atoms with Crippen LogP contribution in [0.15, 0.2) is 48.5 Å². The van der Waals surface area contributed by atoms with E-state index >= 15 is 0 Å². The number of carbonyl (C=O) groups is 2. The summed E-state index contributed by atoms with van der Waals surface area (Å²) in [5.74, 6) is -0.486. The molecule has 0 spiro atoms. The third-order valence-electron chi connectivity index (χ3n) is 4.36. The molecule has 1 aliphatic rings. The summed E-state index contributed by atoms with van der Waals surface area (Å²) < 4.78 is 0. The van der Waals surface area contributed by atoms with Crippen LogP contribution in [0, 0.1) is 5.92 Å². The van der Waals surface area contributed by atoms with E-state index in [2.05, 4.69) is 5.32 Å². The van der Waals surface area contributed by atoms with Crippen LogP contribution >= 0.6 is 11.6 Å². The zero-order chi connectivity index (χ0) is 18.0. The first-order chi connectivity index (χ1) is 11.9. The summed E-state index contributed by atoms with van der Waals surface area (Å²) in [7, 11) is 0. The average molecular weight is 359 g/mol. The second-order valence-corrected chi connectivity index (χ2v) is 6.64. The first-order valence-corrected chi connectivity index (χ1v) is 8.47. The zero-order valence-corrected chi connectivity index (χ0v) is 14.5. The number of amides is 2. The number of benzene rings is 2. The normalized spacial score (nSPS) is 18.2. The van der Waals surface area contributed by atoms with Crippen molar-refractivity contribution in [1.29, 1.82) is 0 Å². The van der Waals surface area contributed by atoms with Gasteiger partial charge in [0.15, 0.2) is 0 Å². The van der Waals surface area contributed by atoms with Crippen LogP contribution in [-0.2, 0) is 9.59 Å². The number of halogens is 1. The maximum absolute atomic E-state index is 12.5. The molecule has 2 amide bonds. The average Bonchev–Trinajstić information content (AvgIpc) is 2.97. The molecule has 0 radical (unpaired) electrons. The molecule has 0 aromatic heterocycles. The van der Waals surface area contributed by atoms with E-state index in [-0.39, 0.29) is 30.0 Å². The molecular formula is C19H19ClN2O3. The molecule has 5 nitrogen and oxygen atoms in total. The molecular weight excluding hydrogens is 340 g/mol. The summed E-state index contributed by atoms with van der Waals surface area (Å²) in [5.41, 5.74) is 1.55. The second-order valence-electron chi connectivity index (χ2n) is 6.21. The van der Waals surface area contributed by atoms with E-state index in [1.165, 1.54) is 0 Å². The van der Waals surface area contributed by atoms with E-state index in [4.69, 9.17) is 11.6 Å². The van der Waals surface area contributed by atoms with Crippen LogP contribution in [0.2, 0.25) is 5.02 Å². The molecule has 1 aliphatic heterocycles. The van der Waals surface area contributed by atoms with Crippen molar-refractivity contribution in [2.75, 3.05) is 11.4 Å². The molecule has 0 aliphatic carbocycles. The van der Waals surface area contributed by atoms with Gasteiger partial charge in [0.25, 0.3) is 0 Å². The van der Waals surface area contributed by atoms with Crippen molar-refractivity contribution in [3.8, 4) is 5.75 Å². The molecule has 0 bridgehead atoms. The van der Waals surface area contributed by atoms with Crippen LogP contribution in [0.4, 0.5) is 5.69 Å². The van der Waals surface area contributed by atoms with Gasteiger partial charge in [-0.2, -0.15) is 0 Å². The monoisotopic (exact) mass is 358 g/mol. The maximum atomic E-state index is 12.5. The number of nitrogens with zero attached hydrogens (tertiary/aromatic N) is 1. The highest BCUT2D eigenvalue weighted by molar-refractivity contribution is 6.30. The van der Waals surface area contributed by atoms with E-state index in [0.717, 1.165) is 11.3 Å². The number of aromatic hydroxyl groups is 1. The topological polar surface area (TPSA) is 69.6 Å². The largest absolute Gasteiger partial charge is 0.508 e. The first-order valence-electron chi connectivity index (χ1n) is 8.09. The van der Waals surface area contributed by atoms with Crippen molar-refractivity contribution < 1.29 is 14.7 Å². The smallest absolute Gasteiger partial charge is 0.227 e. The number of anilines is 1. The third kappa shape index (κ3) is 3.94. The molecule has 1 fully saturated rings. The molecule has 0 saturated carbocycles. The van der Waals surface area contributed by atoms with Crippen LogP contribution in [0.25, 0.3) is 0 Å². The van der Waals surface area contributed by atoms with Crippen LogP contribution in [0.5, 0.6) is 5.75 Å². The summed E-state index contributed by atoms with van der Waals surface area (Å²) in [6.45, 7) is 2.19. The van der Waals surface area contributed by atoms with Gasteiger partial charge in [-0.3, -0.25) is 9.59 Å². The lowest BCUT2D eigenvalue weighted by molar-refractivity contribution is -0.126. The molecule has 2 unspecified atom stereocenters. The minimum Gasteiger partial charge on any atom is -0.508 e.